The van der Waals surface area contributed by atoms with E-state index in [0.717, 1.165) is 23.9 Å². The average molecular weight is 503 g/mol. The molecule has 3 fully saturated rings. The Bertz CT molecular complexity index is 1040. The van der Waals surface area contributed by atoms with Crippen LogP contribution in [0.3, 0.4) is 0 Å². The number of aromatic nitrogens is 2. The van der Waals surface area contributed by atoms with Gasteiger partial charge in [0.1, 0.15) is 5.82 Å². The fraction of sp³-hybridized carbons (Fsp3) is 0.667. The molecule has 5 nitrogen and oxygen atoms in total. The first kappa shape index (κ1) is 25.2. The summed E-state index contributed by atoms with van der Waals surface area (Å²) in [6.45, 7) is 0. The summed E-state index contributed by atoms with van der Waals surface area (Å²) < 4.78 is 54.1. The summed E-state index contributed by atoms with van der Waals surface area (Å²) in [5.74, 6) is -6.33. The Kier molecular flexibility index (Phi) is 6.66. The summed E-state index contributed by atoms with van der Waals surface area (Å²) in [6, 6.07) is 5.19. The number of fused-ring (bicyclic) bond motifs is 1. The van der Waals surface area contributed by atoms with Crippen LogP contribution in [-0.4, -0.2) is 27.7 Å². The molecular formula is C24H31ClF4N4O. The molecule has 1 aromatic heterocycles. The summed E-state index contributed by atoms with van der Waals surface area (Å²) >= 11 is 0. The van der Waals surface area contributed by atoms with Crippen LogP contribution in [0.15, 0.2) is 18.2 Å². The first-order chi connectivity index (χ1) is 15.5. The second-order valence-electron chi connectivity index (χ2n) is 10.4. The number of primary amides is 1. The number of carbonyl (C=O) groups is 1. The third-order valence-corrected chi connectivity index (χ3v) is 7.97. The summed E-state index contributed by atoms with van der Waals surface area (Å²) in [6.07, 6.45) is 1.69. The summed E-state index contributed by atoms with van der Waals surface area (Å²) in [5.41, 5.74) is 14.4. The monoisotopic (exact) mass is 502 g/mol. The molecule has 1 amide bonds. The number of nitrogens with one attached hydrogen (secondary N) is 1. The standard InChI is InChI=1S/C24H30F4N4O.ClH/c25-23(26)7-5-13(6-8-23)20(29)22-31-16-4-3-14(9-17(16)32-22)18(12-1-2-12)19(21(30)33)15-10-24(27,28)11-15;/h3-4,9,12-13,15,18-20H,1-2,5-8,10-11,29H2,(H2,30,33)(H,31,32);1H/t18-,19?,20-;/m0./s1. The van der Waals surface area contributed by atoms with E-state index in [-0.39, 0.29) is 55.8 Å². The molecule has 188 valence electrons. The van der Waals surface area contributed by atoms with Crippen LogP contribution < -0.4 is 11.5 Å². The van der Waals surface area contributed by atoms with Crippen molar-refractivity contribution >= 4 is 29.3 Å². The van der Waals surface area contributed by atoms with Crippen molar-refractivity contribution in [2.45, 2.75) is 75.2 Å². The van der Waals surface area contributed by atoms with Crippen LogP contribution in [0.4, 0.5) is 17.6 Å². The van der Waals surface area contributed by atoms with Crippen LogP contribution in [0.1, 0.15) is 74.7 Å². The number of imidazole rings is 1. The fourth-order valence-electron chi connectivity index (χ4n) is 5.95. The third kappa shape index (κ3) is 4.91. The maximum atomic E-state index is 13.6. The van der Waals surface area contributed by atoms with Gasteiger partial charge in [-0.05, 0) is 67.1 Å². The molecule has 3 saturated carbocycles. The van der Waals surface area contributed by atoms with E-state index >= 15 is 0 Å². The van der Waals surface area contributed by atoms with Crippen molar-refractivity contribution in [1.82, 2.24) is 9.97 Å². The third-order valence-electron chi connectivity index (χ3n) is 7.97. The number of nitrogens with two attached hydrogens (primary N) is 2. The van der Waals surface area contributed by atoms with E-state index in [1.165, 1.54) is 0 Å². The van der Waals surface area contributed by atoms with Crippen LogP contribution in [-0.2, 0) is 4.79 Å². The first-order valence-electron chi connectivity index (χ1n) is 11.8. The van der Waals surface area contributed by atoms with E-state index in [0.29, 0.717) is 24.2 Å². The number of amides is 1. The normalized spacial score (nSPS) is 25.2. The maximum absolute atomic E-state index is 13.6. The van der Waals surface area contributed by atoms with Gasteiger partial charge in [-0.1, -0.05) is 6.07 Å². The van der Waals surface area contributed by atoms with Gasteiger partial charge in [-0.25, -0.2) is 22.5 Å². The molecule has 5 N–H and O–H groups in total. The Morgan fingerprint density at radius 2 is 1.65 bits per heavy atom. The lowest BCUT2D eigenvalue weighted by Crippen LogP contribution is -2.46. The predicted molar refractivity (Wildman–Crippen MR) is 123 cm³/mol. The molecule has 0 bridgehead atoms. The van der Waals surface area contributed by atoms with Gasteiger partial charge < -0.3 is 16.5 Å². The SMILES string of the molecule is Cl.NC(=O)C(C1CC(F)(F)C1)[C@H](c1ccc2nc([C@@H](N)C3CCC(F)(F)CC3)[nH]c2c1)C1CC1. The molecular weight excluding hydrogens is 472 g/mol. The molecule has 5 rings (SSSR count). The van der Waals surface area contributed by atoms with Crippen LogP contribution in [0.5, 0.6) is 0 Å². The highest BCUT2D eigenvalue weighted by atomic mass is 35.5. The largest absolute Gasteiger partial charge is 0.369 e. The Morgan fingerprint density at radius 3 is 2.21 bits per heavy atom. The summed E-state index contributed by atoms with van der Waals surface area (Å²) in [4.78, 5) is 20.2. The van der Waals surface area contributed by atoms with Crippen LogP contribution >= 0.6 is 12.4 Å². The molecule has 10 heteroatoms. The number of benzene rings is 1. The number of nitrogens with zero attached hydrogens (tertiary/aromatic N) is 1. The number of hydrogen-bond acceptors (Lipinski definition) is 3. The van der Waals surface area contributed by atoms with Crippen molar-refractivity contribution in [3.8, 4) is 0 Å². The zero-order chi connectivity index (χ0) is 23.5. The van der Waals surface area contributed by atoms with Gasteiger partial charge in [-0.3, -0.25) is 4.79 Å². The van der Waals surface area contributed by atoms with Crippen LogP contribution in [0.25, 0.3) is 11.0 Å². The molecule has 1 unspecified atom stereocenters. The van der Waals surface area contributed by atoms with E-state index in [2.05, 4.69) is 9.97 Å². The van der Waals surface area contributed by atoms with Gasteiger partial charge in [-0.15, -0.1) is 12.4 Å². The molecule has 3 atom stereocenters. The van der Waals surface area contributed by atoms with Gasteiger partial charge in [0, 0.05) is 31.6 Å². The molecule has 34 heavy (non-hydrogen) atoms. The minimum Gasteiger partial charge on any atom is -0.369 e. The van der Waals surface area contributed by atoms with Crippen molar-refractivity contribution in [3.63, 3.8) is 0 Å². The van der Waals surface area contributed by atoms with Crippen molar-refractivity contribution in [3.05, 3.63) is 29.6 Å². The summed E-state index contributed by atoms with van der Waals surface area (Å²) in [7, 11) is 0. The van der Waals surface area contributed by atoms with E-state index in [1.54, 1.807) is 0 Å². The maximum Gasteiger partial charge on any atom is 0.248 e. The lowest BCUT2D eigenvalue weighted by Gasteiger charge is -2.42. The second kappa shape index (κ2) is 8.97. The lowest BCUT2D eigenvalue weighted by atomic mass is 9.65. The number of alkyl halides is 4. The molecule has 0 aliphatic heterocycles. The van der Waals surface area contributed by atoms with Crippen molar-refractivity contribution in [2.75, 3.05) is 0 Å². The molecule has 2 aromatic rings. The van der Waals surface area contributed by atoms with E-state index in [1.807, 2.05) is 18.2 Å². The van der Waals surface area contributed by atoms with Gasteiger partial charge in [-0.2, -0.15) is 0 Å². The number of carbonyl (C=O) groups excluding carboxylic acids is 1. The second-order valence-corrected chi connectivity index (χ2v) is 10.4. The molecule has 0 radical (unpaired) electrons. The number of rotatable bonds is 7. The Hall–Kier alpha value is -1.87. The lowest BCUT2D eigenvalue weighted by molar-refractivity contribution is -0.146. The van der Waals surface area contributed by atoms with Gasteiger partial charge in [0.05, 0.1) is 17.1 Å². The van der Waals surface area contributed by atoms with E-state index < -0.39 is 35.6 Å². The zero-order valence-corrected chi connectivity index (χ0v) is 19.6. The number of aromatic amines is 1. The number of halogens is 5. The highest BCUT2D eigenvalue weighted by Crippen LogP contribution is 2.55. The van der Waals surface area contributed by atoms with Gasteiger partial charge >= 0.3 is 0 Å². The van der Waals surface area contributed by atoms with Crippen LogP contribution in [0, 0.1) is 23.7 Å². The molecule has 0 saturated heterocycles. The van der Waals surface area contributed by atoms with E-state index in [9.17, 15) is 22.4 Å². The topological polar surface area (TPSA) is 97.8 Å². The smallest absolute Gasteiger partial charge is 0.248 e. The fourth-order valence-corrected chi connectivity index (χ4v) is 5.95. The minimum atomic E-state index is -2.71. The number of hydrogen-bond donors (Lipinski definition) is 3. The Balaban J connectivity index is 0.00000274. The minimum absolute atomic E-state index is 0. The van der Waals surface area contributed by atoms with Gasteiger partial charge in [0.15, 0.2) is 0 Å². The Labute approximate surface area is 201 Å². The zero-order valence-electron chi connectivity index (χ0n) is 18.8. The number of H-pyrrole nitrogens is 1. The van der Waals surface area contributed by atoms with Gasteiger partial charge in [0.2, 0.25) is 17.8 Å². The summed E-state index contributed by atoms with van der Waals surface area (Å²) in [5, 5.41) is 0. The highest BCUT2D eigenvalue weighted by molar-refractivity contribution is 5.85. The van der Waals surface area contributed by atoms with Crippen molar-refractivity contribution < 1.29 is 22.4 Å². The predicted octanol–water partition coefficient (Wildman–Crippen LogP) is 5.45. The van der Waals surface area contributed by atoms with E-state index in [4.69, 9.17) is 11.5 Å². The highest BCUT2D eigenvalue weighted by Gasteiger charge is 2.54. The van der Waals surface area contributed by atoms with Crippen LogP contribution in [0.2, 0.25) is 0 Å². The van der Waals surface area contributed by atoms with Crippen molar-refractivity contribution in [1.29, 1.82) is 0 Å². The Morgan fingerprint density at radius 1 is 1.00 bits per heavy atom. The quantitative estimate of drug-likeness (QED) is 0.439. The molecule has 3 aliphatic rings. The average Bonchev–Trinajstić information content (AvgIpc) is 3.46. The van der Waals surface area contributed by atoms with Crippen molar-refractivity contribution in [2.24, 2.45) is 35.1 Å². The van der Waals surface area contributed by atoms with Gasteiger partial charge in [0.25, 0.3) is 0 Å². The molecule has 1 aromatic carbocycles. The molecule has 1 heterocycles. The molecule has 0 spiro atoms. The molecule has 3 aliphatic carbocycles. The first-order valence-corrected chi connectivity index (χ1v) is 11.8.